The zero-order valence-corrected chi connectivity index (χ0v) is 13.6. The van der Waals surface area contributed by atoms with E-state index in [-0.39, 0.29) is 17.7 Å². The molecule has 0 aliphatic heterocycles. The van der Waals surface area contributed by atoms with Gasteiger partial charge in [-0.25, -0.2) is 4.98 Å². The average Bonchev–Trinajstić information content (AvgIpc) is 2.88. The van der Waals surface area contributed by atoms with E-state index in [0.29, 0.717) is 0 Å². The van der Waals surface area contributed by atoms with Gasteiger partial charge in [0.2, 0.25) is 5.91 Å². The van der Waals surface area contributed by atoms with E-state index in [9.17, 15) is 4.79 Å². The molecule has 19 heavy (non-hydrogen) atoms. The highest BCUT2D eigenvalue weighted by atomic mass is 35.5. The van der Waals surface area contributed by atoms with Gasteiger partial charge in [0.05, 0.1) is 17.6 Å². The predicted octanol–water partition coefficient (Wildman–Crippen LogP) is 3.18. The van der Waals surface area contributed by atoms with Crippen LogP contribution in [0.25, 0.3) is 0 Å². The van der Waals surface area contributed by atoms with E-state index in [1.807, 2.05) is 0 Å². The monoisotopic (exact) mass is 345 g/mol. The molecule has 1 N–H and O–H groups in total. The Morgan fingerprint density at radius 1 is 1.37 bits per heavy atom. The summed E-state index contributed by atoms with van der Waals surface area (Å²) in [5, 5.41) is 2.75. The number of alkyl halides is 4. The summed E-state index contributed by atoms with van der Waals surface area (Å²) in [6.07, 6.45) is 3.98. The zero-order chi connectivity index (χ0) is 14.7. The Morgan fingerprint density at radius 2 is 2.00 bits per heavy atom. The molecule has 1 amide bonds. The van der Waals surface area contributed by atoms with Crippen LogP contribution in [0.15, 0.2) is 18.7 Å². The minimum Gasteiger partial charge on any atom is -0.332 e. The van der Waals surface area contributed by atoms with E-state index in [4.69, 9.17) is 46.4 Å². The summed E-state index contributed by atoms with van der Waals surface area (Å²) >= 11 is 23.8. The third-order valence-corrected chi connectivity index (χ3v) is 4.66. The Hall–Kier alpha value is -0.160. The third-order valence-electron chi connectivity index (χ3n) is 2.62. The first-order valence-corrected chi connectivity index (χ1v) is 7.35. The summed E-state index contributed by atoms with van der Waals surface area (Å²) in [7, 11) is 0. The van der Waals surface area contributed by atoms with Crippen LogP contribution >= 0.6 is 46.4 Å². The number of nitrogens with one attached hydrogen (secondary N) is 1. The van der Waals surface area contributed by atoms with Crippen LogP contribution in [0.1, 0.15) is 20.0 Å². The highest BCUT2D eigenvalue weighted by Gasteiger charge is 2.39. The van der Waals surface area contributed by atoms with Gasteiger partial charge < -0.3 is 9.88 Å². The number of hydrogen-bond donors (Lipinski definition) is 1. The quantitative estimate of drug-likeness (QED) is 0.804. The van der Waals surface area contributed by atoms with Crippen molar-refractivity contribution in [3.8, 4) is 0 Å². The van der Waals surface area contributed by atoms with Crippen LogP contribution in [0.2, 0.25) is 0 Å². The first-order valence-electron chi connectivity index (χ1n) is 5.53. The number of amides is 1. The van der Waals surface area contributed by atoms with E-state index in [1.54, 1.807) is 30.8 Å². The van der Waals surface area contributed by atoms with E-state index in [2.05, 4.69) is 10.3 Å². The topological polar surface area (TPSA) is 46.9 Å². The molecule has 8 heteroatoms. The Morgan fingerprint density at radius 3 is 2.42 bits per heavy atom. The van der Waals surface area contributed by atoms with Crippen molar-refractivity contribution in [1.82, 2.24) is 14.9 Å². The Labute approximate surface area is 132 Å². The average molecular weight is 347 g/mol. The van der Waals surface area contributed by atoms with Gasteiger partial charge in [-0.1, -0.05) is 23.2 Å². The maximum Gasteiger partial charge on any atom is 0.228 e. The van der Waals surface area contributed by atoms with Crippen molar-refractivity contribution >= 4 is 52.3 Å². The van der Waals surface area contributed by atoms with E-state index in [0.717, 1.165) is 0 Å². The Kier molecular flexibility index (Phi) is 5.80. The Bertz CT molecular complexity index is 420. The second kappa shape index (κ2) is 6.53. The fraction of sp³-hybridized carbons (Fsp3) is 0.636. The van der Waals surface area contributed by atoms with Gasteiger partial charge in [-0.15, -0.1) is 23.2 Å². The molecule has 0 bridgehead atoms. The molecule has 1 heterocycles. The second-order valence-electron chi connectivity index (χ2n) is 4.80. The molecule has 108 valence electrons. The molecule has 0 radical (unpaired) electrons. The standard InChI is InChI=1S/C11H15Cl4N3O/c1-10(2,5-12)9(19)17-8(11(14,15)6-13)18-4-3-16-7-18/h3-4,7-8H,5-6H2,1-2H3,(H,17,19). The number of halogens is 4. The molecule has 0 saturated carbocycles. The van der Waals surface area contributed by atoms with Crippen LogP contribution < -0.4 is 5.32 Å². The highest BCUT2D eigenvalue weighted by molar-refractivity contribution is 6.51. The van der Waals surface area contributed by atoms with Crippen LogP contribution in [0.3, 0.4) is 0 Å². The molecule has 1 unspecified atom stereocenters. The first-order chi connectivity index (χ1) is 8.74. The lowest BCUT2D eigenvalue weighted by atomic mass is 9.95. The van der Waals surface area contributed by atoms with Crippen LogP contribution in [0.5, 0.6) is 0 Å². The maximum absolute atomic E-state index is 12.2. The fourth-order valence-electron chi connectivity index (χ4n) is 1.27. The van der Waals surface area contributed by atoms with Crippen LogP contribution in [-0.2, 0) is 4.79 Å². The van der Waals surface area contributed by atoms with E-state index >= 15 is 0 Å². The summed E-state index contributed by atoms with van der Waals surface area (Å²) in [6.45, 7) is 3.45. The van der Waals surface area contributed by atoms with Crippen molar-refractivity contribution in [2.24, 2.45) is 5.41 Å². The van der Waals surface area contributed by atoms with Crippen LogP contribution in [0, 0.1) is 5.41 Å². The number of hydrogen-bond acceptors (Lipinski definition) is 2. The van der Waals surface area contributed by atoms with Crippen molar-refractivity contribution in [1.29, 1.82) is 0 Å². The molecule has 1 rings (SSSR count). The van der Waals surface area contributed by atoms with Crippen molar-refractivity contribution in [2.75, 3.05) is 11.8 Å². The SMILES string of the molecule is CC(C)(CCl)C(=O)NC(n1ccnc1)C(Cl)(Cl)CCl. The summed E-state index contributed by atoms with van der Waals surface area (Å²) in [6, 6.07) is 0. The molecule has 0 aliphatic rings. The number of aromatic nitrogens is 2. The van der Waals surface area contributed by atoms with Gasteiger partial charge in [0.15, 0.2) is 4.33 Å². The molecule has 4 nitrogen and oxygen atoms in total. The molecule has 0 aromatic carbocycles. The lowest BCUT2D eigenvalue weighted by molar-refractivity contribution is -0.129. The van der Waals surface area contributed by atoms with Crippen molar-refractivity contribution in [2.45, 2.75) is 24.3 Å². The van der Waals surface area contributed by atoms with Gasteiger partial charge in [0.25, 0.3) is 0 Å². The fourth-order valence-corrected chi connectivity index (χ4v) is 1.88. The highest BCUT2D eigenvalue weighted by Crippen LogP contribution is 2.34. The minimum absolute atomic E-state index is 0.0550. The molecule has 0 fully saturated rings. The normalized spacial score (nSPS) is 14.2. The molecule has 1 atom stereocenters. The van der Waals surface area contributed by atoms with Crippen molar-refractivity contribution < 1.29 is 4.79 Å². The number of imidazole rings is 1. The molecular formula is C11H15Cl4N3O. The smallest absolute Gasteiger partial charge is 0.228 e. The van der Waals surface area contributed by atoms with Crippen LogP contribution in [-0.4, -0.2) is 31.6 Å². The molecule has 1 aromatic rings. The molecule has 0 saturated heterocycles. The molecule has 0 aliphatic carbocycles. The van der Waals surface area contributed by atoms with Gasteiger partial charge in [-0.2, -0.15) is 0 Å². The summed E-state index contributed by atoms with van der Waals surface area (Å²) in [4.78, 5) is 16.1. The summed E-state index contributed by atoms with van der Waals surface area (Å²) in [5.41, 5.74) is -0.740. The Balaban J connectivity index is 2.98. The lowest BCUT2D eigenvalue weighted by Gasteiger charge is -2.32. The molecular weight excluding hydrogens is 332 g/mol. The largest absolute Gasteiger partial charge is 0.332 e. The maximum atomic E-state index is 12.2. The van der Waals surface area contributed by atoms with Gasteiger partial charge >= 0.3 is 0 Å². The van der Waals surface area contributed by atoms with Crippen molar-refractivity contribution in [3.63, 3.8) is 0 Å². The van der Waals surface area contributed by atoms with E-state index < -0.39 is 15.9 Å². The van der Waals surface area contributed by atoms with Gasteiger partial charge in [-0.05, 0) is 13.8 Å². The summed E-state index contributed by atoms with van der Waals surface area (Å²) < 4.78 is 0.227. The predicted molar refractivity (Wildman–Crippen MR) is 79.1 cm³/mol. The van der Waals surface area contributed by atoms with Gasteiger partial charge in [0.1, 0.15) is 6.17 Å². The van der Waals surface area contributed by atoms with Gasteiger partial charge in [0, 0.05) is 18.3 Å². The van der Waals surface area contributed by atoms with Crippen molar-refractivity contribution in [3.05, 3.63) is 18.7 Å². The number of rotatable bonds is 6. The molecule has 1 aromatic heterocycles. The van der Waals surface area contributed by atoms with E-state index in [1.165, 1.54) is 6.33 Å². The first kappa shape index (κ1) is 16.9. The molecule has 0 spiro atoms. The van der Waals surface area contributed by atoms with Gasteiger partial charge in [-0.3, -0.25) is 4.79 Å². The lowest BCUT2D eigenvalue weighted by Crippen LogP contribution is -2.48. The number of carbonyl (C=O) groups excluding carboxylic acids is 1. The summed E-state index contributed by atoms with van der Waals surface area (Å²) in [5.74, 6) is -0.147. The minimum atomic E-state index is -1.36. The third kappa shape index (κ3) is 4.15. The van der Waals surface area contributed by atoms with Crippen LogP contribution in [0.4, 0.5) is 0 Å². The number of carbonyl (C=O) groups is 1. The zero-order valence-electron chi connectivity index (χ0n) is 10.5. The second-order valence-corrected chi connectivity index (χ2v) is 6.87. The number of nitrogens with zero attached hydrogens (tertiary/aromatic N) is 2.